The van der Waals surface area contributed by atoms with Crippen LogP contribution in [0.25, 0.3) is 10.9 Å². The molecular weight excluding hydrogens is 446 g/mol. The molecule has 0 saturated carbocycles. The minimum atomic E-state index is -0.0678. The van der Waals surface area contributed by atoms with Crippen LogP contribution in [0, 0.1) is 0 Å². The summed E-state index contributed by atoms with van der Waals surface area (Å²) in [5.74, 6) is 0.632. The second-order valence-electron chi connectivity index (χ2n) is 9.39. The van der Waals surface area contributed by atoms with Gasteiger partial charge in [-0.25, -0.2) is 4.98 Å². The molecule has 1 atom stereocenters. The van der Waals surface area contributed by atoms with Gasteiger partial charge >= 0.3 is 0 Å². The Hall–Kier alpha value is -3.74. The Morgan fingerprint density at radius 1 is 0.944 bits per heavy atom. The number of carbonyl (C=O) groups excluding carboxylic acids is 1. The number of piperazine rings is 1. The Balaban J connectivity index is 1.27. The second-order valence-corrected chi connectivity index (χ2v) is 9.39. The van der Waals surface area contributed by atoms with Crippen molar-refractivity contribution in [2.24, 2.45) is 0 Å². The number of amides is 1. The standard InChI is InChI=1S/C30H33N5O/c1-34-18-19-35(28(22-34)24-12-6-3-7-13-24)17-16-31-30(36)26-20-29(32-21-23-10-4-2-5-11-23)33-27-15-9-8-14-25(26)27/h2-15,20,28H,16-19,21-22H2,1H3,(H,31,36)(H,32,33). The van der Waals surface area contributed by atoms with Gasteiger partial charge in [-0.1, -0.05) is 78.9 Å². The number of pyridine rings is 1. The maximum Gasteiger partial charge on any atom is 0.252 e. The predicted molar refractivity (Wildman–Crippen MR) is 146 cm³/mol. The SMILES string of the molecule is CN1CCN(CCNC(=O)c2cc(NCc3ccccc3)nc3ccccc23)C(c2ccccc2)C1. The van der Waals surface area contributed by atoms with Crippen molar-refractivity contribution in [2.45, 2.75) is 12.6 Å². The van der Waals surface area contributed by atoms with E-state index in [1.165, 1.54) is 11.1 Å². The highest BCUT2D eigenvalue weighted by molar-refractivity contribution is 6.07. The van der Waals surface area contributed by atoms with Crippen molar-refractivity contribution in [3.8, 4) is 0 Å². The number of fused-ring (bicyclic) bond motifs is 1. The van der Waals surface area contributed by atoms with Gasteiger partial charge in [-0.05, 0) is 30.3 Å². The summed E-state index contributed by atoms with van der Waals surface area (Å²) in [6, 6.07) is 30.9. The molecule has 0 spiro atoms. The fourth-order valence-corrected chi connectivity index (χ4v) is 4.87. The number of para-hydroxylation sites is 1. The topological polar surface area (TPSA) is 60.5 Å². The molecule has 1 aliphatic heterocycles. The minimum absolute atomic E-state index is 0.0678. The third-order valence-corrected chi connectivity index (χ3v) is 6.84. The van der Waals surface area contributed by atoms with Gasteiger partial charge in [0, 0.05) is 50.7 Å². The lowest BCUT2D eigenvalue weighted by atomic mass is 10.0. The van der Waals surface area contributed by atoms with E-state index in [1.807, 2.05) is 48.5 Å². The summed E-state index contributed by atoms with van der Waals surface area (Å²) in [5.41, 5.74) is 3.95. The summed E-state index contributed by atoms with van der Waals surface area (Å²) in [5, 5.41) is 7.42. The molecule has 6 nitrogen and oxygen atoms in total. The third-order valence-electron chi connectivity index (χ3n) is 6.84. The lowest BCUT2D eigenvalue weighted by Gasteiger charge is -2.40. The molecule has 1 aliphatic rings. The number of aromatic nitrogens is 1. The van der Waals surface area contributed by atoms with E-state index in [0.717, 1.165) is 37.1 Å². The van der Waals surface area contributed by atoms with E-state index in [1.54, 1.807) is 0 Å². The molecule has 1 unspecified atom stereocenters. The number of rotatable bonds is 8. The van der Waals surface area contributed by atoms with Crippen LogP contribution in [0.1, 0.15) is 27.5 Å². The summed E-state index contributed by atoms with van der Waals surface area (Å²) < 4.78 is 0. The van der Waals surface area contributed by atoms with Crippen molar-refractivity contribution in [1.29, 1.82) is 0 Å². The first-order valence-electron chi connectivity index (χ1n) is 12.6. The quantitative estimate of drug-likeness (QED) is 0.388. The van der Waals surface area contributed by atoms with E-state index < -0.39 is 0 Å². The van der Waals surface area contributed by atoms with E-state index in [0.29, 0.717) is 30.5 Å². The zero-order valence-corrected chi connectivity index (χ0v) is 20.7. The van der Waals surface area contributed by atoms with Gasteiger partial charge in [-0.3, -0.25) is 9.69 Å². The highest BCUT2D eigenvalue weighted by Crippen LogP contribution is 2.25. The van der Waals surface area contributed by atoms with Gasteiger partial charge in [-0.15, -0.1) is 0 Å². The summed E-state index contributed by atoms with van der Waals surface area (Å²) in [7, 11) is 2.17. The van der Waals surface area contributed by atoms with Gasteiger partial charge in [0.25, 0.3) is 5.91 Å². The van der Waals surface area contributed by atoms with E-state index >= 15 is 0 Å². The number of hydrogen-bond donors (Lipinski definition) is 2. The zero-order chi connectivity index (χ0) is 24.7. The van der Waals surface area contributed by atoms with E-state index in [-0.39, 0.29) is 5.91 Å². The Bertz CT molecular complexity index is 1290. The summed E-state index contributed by atoms with van der Waals surface area (Å²) in [6.07, 6.45) is 0. The molecule has 1 fully saturated rings. The second kappa shape index (κ2) is 11.3. The van der Waals surface area contributed by atoms with Crippen LogP contribution in [0.5, 0.6) is 0 Å². The lowest BCUT2D eigenvalue weighted by Crippen LogP contribution is -2.49. The average Bonchev–Trinajstić information content (AvgIpc) is 2.93. The largest absolute Gasteiger partial charge is 0.366 e. The van der Waals surface area contributed by atoms with E-state index in [2.05, 4.69) is 69.9 Å². The Morgan fingerprint density at radius 2 is 1.67 bits per heavy atom. The normalized spacial score (nSPS) is 16.6. The summed E-state index contributed by atoms with van der Waals surface area (Å²) >= 11 is 0. The van der Waals surface area contributed by atoms with Crippen molar-refractivity contribution in [3.05, 3.63) is 108 Å². The number of hydrogen-bond acceptors (Lipinski definition) is 5. The van der Waals surface area contributed by atoms with Crippen LogP contribution in [0.2, 0.25) is 0 Å². The number of likely N-dealkylation sites (N-methyl/N-ethyl adjacent to an activating group) is 1. The maximum absolute atomic E-state index is 13.3. The minimum Gasteiger partial charge on any atom is -0.366 e. The van der Waals surface area contributed by atoms with Crippen molar-refractivity contribution in [2.75, 3.05) is 45.1 Å². The first kappa shape index (κ1) is 24.0. The fourth-order valence-electron chi connectivity index (χ4n) is 4.87. The van der Waals surface area contributed by atoms with E-state index in [9.17, 15) is 4.79 Å². The van der Waals surface area contributed by atoms with Crippen LogP contribution in [0.4, 0.5) is 5.82 Å². The smallest absolute Gasteiger partial charge is 0.252 e. The summed E-state index contributed by atoms with van der Waals surface area (Å²) in [4.78, 5) is 22.9. The van der Waals surface area contributed by atoms with Gasteiger partial charge < -0.3 is 15.5 Å². The van der Waals surface area contributed by atoms with Crippen molar-refractivity contribution in [3.63, 3.8) is 0 Å². The fraction of sp³-hybridized carbons (Fsp3) is 0.267. The Labute approximate surface area is 213 Å². The van der Waals surface area contributed by atoms with Crippen LogP contribution in [0.3, 0.4) is 0 Å². The maximum atomic E-state index is 13.3. The van der Waals surface area contributed by atoms with Gasteiger partial charge in [-0.2, -0.15) is 0 Å². The molecule has 4 aromatic rings. The lowest BCUT2D eigenvalue weighted by molar-refractivity contribution is 0.0844. The Kier molecular flexibility index (Phi) is 7.55. The monoisotopic (exact) mass is 479 g/mol. The molecule has 1 aromatic heterocycles. The zero-order valence-electron chi connectivity index (χ0n) is 20.7. The molecule has 184 valence electrons. The molecule has 2 heterocycles. The molecule has 2 N–H and O–H groups in total. The average molecular weight is 480 g/mol. The molecule has 0 radical (unpaired) electrons. The van der Waals surface area contributed by atoms with Crippen molar-refractivity contribution < 1.29 is 4.79 Å². The predicted octanol–water partition coefficient (Wildman–Crippen LogP) is 4.57. The number of anilines is 1. The van der Waals surface area contributed by atoms with E-state index in [4.69, 9.17) is 4.98 Å². The van der Waals surface area contributed by atoms with Crippen LogP contribution < -0.4 is 10.6 Å². The number of benzene rings is 3. The van der Waals surface area contributed by atoms with Crippen molar-refractivity contribution >= 4 is 22.6 Å². The molecular formula is C30H33N5O. The molecule has 0 bridgehead atoms. The summed E-state index contributed by atoms with van der Waals surface area (Å²) in [6.45, 7) is 5.05. The first-order valence-corrected chi connectivity index (χ1v) is 12.6. The number of nitrogens with one attached hydrogen (secondary N) is 2. The third kappa shape index (κ3) is 5.73. The van der Waals surface area contributed by atoms with Crippen LogP contribution in [-0.2, 0) is 6.54 Å². The number of carbonyl (C=O) groups is 1. The molecule has 1 amide bonds. The molecule has 1 saturated heterocycles. The van der Waals surface area contributed by atoms with Gasteiger partial charge in [0.1, 0.15) is 5.82 Å². The van der Waals surface area contributed by atoms with Gasteiger partial charge in [0.05, 0.1) is 11.1 Å². The molecule has 6 heteroatoms. The number of nitrogens with zero attached hydrogens (tertiary/aromatic N) is 3. The van der Waals surface area contributed by atoms with Crippen LogP contribution in [0.15, 0.2) is 91.0 Å². The highest BCUT2D eigenvalue weighted by atomic mass is 16.1. The molecule has 0 aliphatic carbocycles. The highest BCUT2D eigenvalue weighted by Gasteiger charge is 2.26. The van der Waals surface area contributed by atoms with Crippen LogP contribution in [-0.4, -0.2) is 60.5 Å². The molecule has 5 rings (SSSR count). The molecule has 36 heavy (non-hydrogen) atoms. The van der Waals surface area contributed by atoms with Crippen LogP contribution >= 0.6 is 0 Å². The van der Waals surface area contributed by atoms with Gasteiger partial charge in [0.15, 0.2) is 0 Å². The van der Waals surface area contributed by atoms with Crippen molar-refractivity contribution in [1.82, 2.24) is 20.1 Å². The first-order chi connectivity index (χ1) is 17.7. The van der Waals surface area contributed by atoms with Gasteiger partial charge in [0.2, 0.25) is 0 Å². The Morgan fingerprint density at radius 3 is 2.47 bits per heavy atom. The molecule has 3 aromatic carbocycles.